The highest BCUT2D eigenvalue weighted by Crippen LogP contribution is 2.37. The van der Waals surface area contributed by atoms with Crippen molar-refractivity contribution in [2.45, 2.75) is 44.9 Å². The van der Waals surface area contributed by atoms with Gasteiger partial charge in [0.2, 0.25) is 0 Å². The normalized spacial score (nSPS) is 24.9. The average Bonchev–Trinajstić information content (AvgIpc) is 2.81. The lowest BCUT2D eigenvalue weighted by molar-refractivity contribution is -0.0510. The van der Waals surface area contributed by atoms with Crippen LogP contribution < -0.4 is 0 Å². The second-order valence-electron chi connectivity index (χ2n) is 6.68. The number of halogens is 1. The smallest absolute Gasteiger partial charge is 0.411 e. The van der Waals surface area contributed by atoms with Crippen molar-refractivity contribution in [2.24, 2.45) is 0 Å². The minimum Gasteiger partial charge on any atom is -0.444 e. The molecule has 1 saturated heterocycles. The first-order valence-electron chi connectivity index (χ1n) is 7.37. The Bertz CT molecular complexity index is 605. The Kier molecular flexibility index (Phi) is 4.36. The van der Waals surface area contributed by atoms with Gasteiger partial charge in [-0.1, -0.05) is 6.08 Å². The van der Waals surface area contributed by atoms with E-state index >= 15 is 0 Å². The third-order valence-electron chi connectivity index (χ3n) is 3.76. The highest BCUT2D eigenvalue weighted by molar-refractivity contribution is 9.10. The third kappa shape index (κ3) is 3.24. The van der Waals surface area contributed by atoms with Crippen molar-refractivity contribution in [2.75, 3.05) is 13.2 Å². The van der Waals surface area contributed by atoms with Crippen LogP contribution in [0.3, 0.4) is 0 Å². The molecule has 3 heterocycles. The van der Waals surface area contributed by atoms with Crippen molar-refractivity contribution in [1.29, 1.82) is 0 Å². The van der Waals surface area contributed by atoms with Gasteiger partial charge < -0.3 is 9.47 Å². The molecule has 0 radical (unpaired) electrons. The van der Waals surface area contributed by atoms with Crippen LogP contribution in [0.4, 0.5) is 4.79 Å². The molecule has 0 N–H and O–H groups in total. The topological polar surface area (TPSA) is 38.8 Å². The van der Waals surface area contributed by atoms with Crippen molar-refractivity contribution < 1.29 is 14.3 Å². The van der Waals surface area contributed by atoms with E-state index in [4.69, 9.17) is 9.47 Å². The predicted molar refractivity (Wildman–Crippen MR) is 91.1 cm³/mol. The third-order valence-corrected chi connectivity index (χ3v) is 5.47. The number of hydrogen-bond donors (Lipinski definition) is 0. The van der Waals surface area contributed by atoms with E-state index in [-0.39, 0.29) is 18.2 Å². The van der Waals surface area contributed by atoms with E-state index < -0.39 is 5.60 Å². The van der Waals surface area contributed by atoms with Crippen molar-refractivity contribution >= 4 is 38.9 Å². The van der Waals surface area contributed by atoms with Gasteiger partial charge in [0.1, 0.15) is 5.60 Å². The molecular formula is C16H20BrNO3S. The molecule has 1 aromatic rings. The molecule has 0 aromatic carbocycles. The van der Waals surface area contributed by atoms with Crippen molar-refractivity contribution in [3.8, 4) is 0 Å². The maximum Gasteiger partial charge on any atom is 0.411 e. The number of carbonyl (C=O) groups is 1. The molecular weight excluding hydrogens is 366 g/mol. The van der Waals surface area contributed by atoms with Crippen LogP contribution >= 0.6 is 27.3 Å². The number of fused-ring (bicyclic) bond motifs is 2. The predicted octanol–water partition coefficient (Wildman–Crippen LogP) is 4.30. The number of amides is 1. The van der Waals surface area contributed by atoms with Crippen LogP contribution in [0.15, 0.2) is 21.3 Å². The number of hydrogen-bond acceptors (Lipinski definition) is 4. The van der Waals surface area contributed by atoms with Crippen LogP contribution in [0.5, 0.6) is 0 Å². The average molecular weight is 386 g/mol. The molecule has 2 atom stereocenters. The van der Waals surface area contributed by atoms with Gasteiger partial charge in [0.15, 0.2) is 0 Å². The Hall–Kier alpha value is -0.850. The number of ether oxygens (including phenoxy) is 2. The molecule has 0 aliphatic carbocycles. The van der Waals surface area contributed by atoms with Gasteiger partial charge in [-0.25, -0.2) is 4.79 Å². The first-order valence-corrected chi connectivity index (χ1v) is 9.10. The van der Waals surface area contributed by atoms with E-state index in [2.05, 4.69) is 32.8 Å². The Balaban J connectivity index is 1.86. The molecule has 1 fully saturated rings. The quantitative estimate of drug-likeness (QED) is 0.722. The zero-order valence-corrected chi connectivity index (χ0v) is 15.4. The summed E-state index contributed by atoms with van der Waals surface area (Å²) in [6, 6.07) is -0.00968. The first-order chi connectivity index (χ1) is 10.3. The molecule has 1 amide bonds. The van der Waals surface area contributed by atoms with E-state index in [0.29, 0.717) is 13.2 Å². The standard InChI is InChI=1S/C16H20BrNO3S/c1-16(2,3)21-15(19)18-11-4-10(5-12(18)7-20-6-11)13-8-22-9-14(13)17/h4,8-9,11-12H,5-7H2,1-3H3. The highest BCUT2D eigenvalue weighted by atomic mass is 79.9. The van der Waals surface area contributed by atoms with Crippen LogP contribution in [-0.4, -0.2) is 41.9 Å². The van der Waals surface area contributed by atoms with Crippen molar-refractivity contribution in [1.82, 2.24) is 4.90 Å². The number of morpholine rings is 1. The summed E-state index contributed by atoms with van der Waals surface area (Å²) < 4.78 is 12.3. The molecule has 2 aliphatic rings. The van der Waals surface area contributed by atoms with Gasteiger partial charge >= 0.3 is 6.09 Å². The fraction of sp³-hybridized carbons (Fsp3) is 0.562. The van der Waals surface area contributed by atoms with Crippen LogP contribution in [-0.2, 0) is 9.47 Å². The zero-order chi connectivity index (χ0) is 15.9. The second kappa shape index (κ2) is 5.98. The first kappa shape index (κ1) is 16.0. The summed E-state index contributed by atoms with van der Waals surface area (Å²) >= 11 is 5.28. The van der Waals surface area contributed by atoms with Gasteiger partial charge in [-0.2, -0.15) is 11.3 Å². The van der Waals surface area contributed by atoms with Gasteiger partial charge in [0, 0.05) is 15.4 Å². The van der Waals surface area contributed by atoms with E-state index in [9.17, 15) is 4.79 Å². The summed E-state index contributed by atoms with van der Waals surface area (Å²) in [6.45, 7) is 6.77. The summed E-state index contributed by atoms with van der Waals surface area (Å²) in [4.78, 5) is 14.3. The fourth-order valence-corrected chi connectivity index (χ4v) is 4.48. The van der Waals surface area contributed by atoms with Crippen molar-refractivity contribution in [3.05, 3.63) is 26.9 Å². The molecule has 120 valence electrons. The summed E-state index contributed by atoms with van der Waals surface area (Å²) in [5, 5.41) is 4.23. The highest BCUT2D eigenvalue weighted by Gasteiger charge is 2.40. The van der Waals surface area contributed by atoms with Gasteiger partial charge in [-0.05, 0) is 54.1 Å². The monoisotopic (exact) mass is 385 g/mol. The summed E-state index contributed by atoms with van der Waals surface area (Å²) in [5.41, 5.74) is 2.03. The van der Waals surface area contributed by atoms with Gasteiger partial charge in [-0.15, -0.1) is 0 Å². The maximum absolute atomic E-state index is 12.5. The molecule has 1 aromatic heterocycles. The van der Waals surface area contributed by atoms with E-state index in [1.54, 1.807) is 11.3 Å². The number of rotatable bonds is 1. The van der Waals surface area contributed by atoms with E-state index in [1.807, 2.05) is 25.7 Å². The lowest BCUT2D eigenvalue weighted by atomic mass is 9.91. The Morgan fingerprint density at radius 1 is 1.41 bits per heavy atom. The van der Waals surface area contributed by atoms with Crippen LogP contribution in [0.25, 0.3) is 5.57 Å². The lowest BCUT2D eigenvalue weighted by Crippen LogP contribution is -2.57. The minimum atomic E-state index is -0.480. The largest absolute Gasteiger partial charge is 0.444 e. The molecule has 0 saturated carbocycles. The second-order valence-corrected chi connectivity index (χ2v) is 8.27. The Morgan fingerprint density at radius 2 is 2.18 bits per heavy atom. The molecule has 2 bridgehead atoms. The van der Waals surface area contributed by atoms with Crippen LogP contribution in [0.2, 0.25) is 0 Å². The molecule has 22 heavy (non-hydrogen) atoms. The van der Waals surface area contributed by atoms with E-state index in [1.165, 1.54) is 11.1 Å². The number of carbonyl (C=O) groups excluding carboxylic acids is 1. The molecule has 3 rings (SSSR count). The lowest BCUT2D eigenvalue weighted by Gasteiger charge is -2.44. The van der Waals surface area contributed by atoms with Crippen molar-refractivity contribution in [3.63, 3.8) is 0 Å². The van der Waals surface area contributed by atoms with E-state index in [0.717, 1.165) is 10.9 Å². The molecule has 2 unspecified atom stereocenters. The number of nitrogens with zero attached hydrogens (tertiary/aromatic N) is 1. The SMILES string of the molecule is CC(C)(C)OC(=O)N1C2C=C(c3cscc3Br)CC1COC2. The van der Waals surface area contributed by atoms with Crippen LogP contribution in [0.1, 0.15) is 32.8 Å². The summed E-state index contributed by atoms with van der Waals surface area (Å²) in [7, 11) is 0. The number of thiophene rings is 1. The van der Waals surface area contributed by atoms with Gasteiger partial charge in [0.25, 0.3) is 0 Å². The minimum absolute atomic E-state index is 0.0420. The van der Waals surface area contributed by atoms with Gasteiger partial charge in [0.05, 0.1) is 25.3 Å². The molecule has 4 nitrogen and oxygen atoms in total. The molecule has 0 spiro atoms. The Morgan fingerprint density at radius 3 is 2.77 bits per heavy atom. The Labute approximate surface area is 143 Å². The van der Waals surface area contributed by atoms with Crippen LogP contribution in [0, 0.1) is 0 Å². The van der Waals surface area contributed by atoms with Gasteiger partial charge in [-0.3, -0.25) is 4.90 Å². The zero-order valence-electron chi connectivity index (χ0n) is 13.0. The maximum atomic E-state index is 12.5. The summed E-state index contributed by atoms with van der Waals surface area (Å²) in [6.07, 6.45) is 2.70. The molecule has 6 heteroatoms. The molecule has 2 aliphatic heterocycles. The summed E-state index contributed by atoms with van der Waals surface area (Å²) in [5.74, 6) is 0. The fourth-order valence-electron chi connectivity index (χ4n) is 2.91.